The third-order valence-electron chi connectivity index (χ3n) is 10.5. The summed E-state index contributed by atoms with van der Waals surface area (Å²) in [5.74, 6) is 0.691. The molecule has 4 N–H and O–H groups in total. The molecule has 0 bridgehead atoms. The molecule has 5 aliphatic rings. The molecule has 0 saturated heterocycles. The van der Waals surface area contributed by atoms with Gasteiger partial charge in [-0.15, -0.1) is 0 Å². The second kappa shape index (κ2) is 4.45. The topological polar surface area (TPSA) is 80.9 Å². The summed E-state index contributed by atoms with van der Waals surface area (Å²) in [4.78, 5) is 0. The van der Waals surface area contributed by atoms with E-state index in [0.29, 0.717) is 18.8 Å². The molecule has 5 rings (SSSR count). The first-order chi connectivity index (χ1) is 11.6. The molecule has 0 aromatic heterocycles. The van der Waals surface area contributed by atoms with Gasteiger partial charge in [-0.1, -0.05) is 13.8 Å². The second-order valence-electron chi connectivity index (χ2n) is 10.8. The molecule has 0 radical (unpaired) electrons. The molecule has 5 fully saturated rings. The Morgan fingerprint density at radius 3 is 2.24 bits per heavy atom. The summed E-state index contributed by atoms with van der Waals surface area (Å²) in [6, 6.07) is 0. The van der Waals surface area contributed by atoms with E-state index in [4.69, 9.17) is 0 Å². The fraction of sp³-hybridized carbons (Fsp3) is 1.00. The van der Waals surface area contributed by atoms with Crippen molar-refractivity contribution in [3.05, 3.63) is 0 Å². The van der Waals surface area contributed by atoms with Crippen molar-refractivity contribution in [1.29, 1.82) is 0 Å². The fourth-order valence-electron chi connectivity index (χ4n) is 9.16. The number of aliphatic hydroxyl groups is 4. The van der Waals surface area contributed by atoms with Crippen LogP contribution in [-0.2, 0) is 0 Å². The van der Waals surface area contributed by atoms with E-state index in [2.05, 4.69) is 13.8 Å². The molecule has 0 aromatic carbocycles. The summed E-state index contributed by atoms with van der Waals surface area (Å²) in [6.45, 7) is 6.17. The van der Waals surface area contributed by atoms with Crippen LogP contribution < -0.4 is 0 Å². The first-order valence-electron chi connectivity index (χ1n) is 10.4. The molecule has 10 atom stereocenters. The Bertz CT molecular complexity index is 621. The third kappa shape index (κ3) is 1.51. The molecule has 5 saturated carbocycles. The van der Waals surface area contributed by atoms with Crippen molar-refractivity contribution in [2.75, 3.05) is 0 Å². The highest BCUT2D eigenvalue weighted by atomic mass is 16.4. The van der Waals surface area contributed by atoms with Crippen LogP contribution in [0.25, 0.3) is 0 Å². The molecule has 4 heteroatoms. The predicted molar refractivity (Wildman–Crippen MR) is 93.6 cm³/mol. The lowest BCUT2D eigenvalue weighted by molar-refractivity contribution is -0.311. The van der Waals surface area contributed by atoms with Gasteiger partial charge in [0.05, 0.1) is 23.4 Å². The molecule has 0 aromatic rings. The van der Waals surface area contributed by atoms with E-state index in [1.165, 1.54) is 0 Å². The molecule has 4 nitrogen and oxygen atoms in total. The van der Waals surface area contributed by atoms with E-state index in [9.17, 15) is 20.4 Å². The maximum atomic E-state index is 12.0. The average Bonchev–Trinajstić information content (AvgIpc) is 3.10. The van der Waals surface area contributed by atoms with Crippen LogP contribution in [0.15, 0.2) is 0 Å². The van der Waals surface area contributed by atoms with Crippen LogP contribution in [0.3, 0.4) is 0 Å². The van der Waals surface area contributed by atoms with Gasteiger partial charge in [0.1, 0.15) is 0 Å². The highest BCUT2D eigenvalue weighted by Crippen LogP contribution is 2.82. The van der Waals surface area contributed by atoms with E-state index < -0.39 is 28.8 Å². The molecule has 25 heavy (non-hydrogen) atoms. The Hall–Kier alpha value is -0.160. The van der Waals surface area contributed by atoms with Gasteiger partial charge >= 0.3 is 0 Å². The van der Waals surface area contributed by atoms with E-state index in [-0.39, 0.29) is 22.7 Å². The fourth-order valence-corrected chi connectivity index (χ4v) is 9.16. The zero-order chi connectivity index (χ0) is 18.0. The quantitative estimate of drug-likeness (QED) is 0.585. The van der Waals surface area contributed by atoms with Gasteiger partial charge in [0.2, 0.25) is 0 Å². The summed E-state index contributed by atoms with van der Waals surface area (Å²) >= 11 is 0. The van der Waals surface area contributed by atoms with Crippen LogP contribution in [0.4, 0.5) is 0 Å². The Morgan fingerprint density at radius 1 is 0.920 bits per heavy atom. The van der Waals surface area contributed by atoms with Gasteiger partial charge in [0.15, 0.2) is 0 Å². The molecular weight excluding hydrogens is 316 g/mol. The van der Waals surface area contributed by atoms with E-state index in [1.54, 1.807) is 0 Å². The van der Waals surface area contributed by atoms with E-state index >= 15 is 0 Å². The van der Waals surface area contributed by atoms with Gasteiger partial charge in [-0.2, -0.15) is 0 Å². The molecule has 0 heterocycles. The Balaban J connectivity index is 1.62. The molecule has 0 unspecified atom stereocenters. The number of fused-ring (bicyclic) bond motifs is 4. The van der Waals surface area contributed by atoms with Gasteiger partial charge in [0, 0.05) is 17.3 Å². The molecule has 5 aliphatic carbocycles. The van der Waals surface area contributed by atoms with Gasteiger partial charge in [-0.25, -0.2) is 0 Å². The van der Waals surface area contributed by atoms with Crippen molar-refractivity contribution in [3.63, 3.8) is 0 Å². The zero-order valence-electron chi connectivity index (χ0n) is 15.8. The average molecular weight is 350 g/mol. The maximum Gasteiger partial charge on any atom is 0.0996 e. The standard InChI is InChI=1S/C21H34O4/c1-12(22)14-5-9-21(25)17(14,2)8-6-15-18(3)7-4-13-10-19(13,18)16(23)11-20(15,21)24/h12-16,22-25H,4-11H2,1-3H3/t12-,13-,14-,15-,16-,17-,18-,19+,20+,21-/m1/s1. The van der Waals surface area contributed by atoms with Gasteiger partial charge in [-0.05, 0) is 75.0 Å². The van der Waals surface area contributed by atoms with E-state index in [0.717, 1.165) is 38.5 Å². The Kier molecular flexibility index (Phi) is 3.02. The lowest BCUT2D eigenvalue weighted by Gasteiger charge is -2.67. The van der Waals surface area contributed by atoms with Crippen LogP contribution in [0, 0.1) is 34.0 Å². The van der Waals surface area contributed by atoms with Crippen LogP contribution in [0.2, 0.25) is 0 Å². The minimum absolute atomic E-state index is 0.00370. The first kappa shape index (κ1) is 17.0. The molecule has 1 spiro atoms. The van der Waals surface area contributed by atoms with Crippen LogP contribution >= 0.6 is 0 Å². The lowest BCUT2D eigenvalue weighted by atomic mass is 9.42. The third-order valence-corrected chi connectivity index (χ3v) is 10.5. The van der Waals surface area contributed by atoms with Crippen molar-refractivity contribution < 1.29 is 20.4 Å². The summed E-state index contributed by atoms with van der Waals surface area (Å²) in [5.41, 5.74) is -2.99. The summed E-state index contributed by atoms with van der Waals surface area (Å²) < 4.78 is 0. The number of hydrogen-bond donors (Lipinski definition) is 4. The normalized spacial score (nSPS) is 66.4. The van der Waals surface area contributed by atoms with Crippen LogP contribution in [-0.4, -0.2) is 43.8 Å². The molecule has 142 valence electrons. The summed E-state index contributed by atoms with van der Waals surface area (Å²) in [6.07, 6.45) is 5.68. The van der Waals surface area contributed by atoms with Crippen LogP contribution in [0.5, 0.6) is 0 Å². The summed E-state index contributed by atoms with van der Waals surface area (Å²) in [5, 5.41) is 45.4. The van der Waals surface area contributed by atoms with Crippen molar-refractivity contribution in [2.24, 2.45) is 34.0 Å². The van der Waals surface area contributed by atoms with Crippen LogP contribution in [0.1, 0.15) is 72.1 Å². The SMILES string of the molecule is C[C@@H](O)[C@H]1CC[C@@]2(O)[C@]1(C)CC[C@@H]1[C@@]3(C)CC[C@@H]4C[C@@]43[C@H](O)C[C@]12O. The number of hydrogen-bond acceptors (Lipinski definition) is 4. The number of aliphatic hydroxyl groups excluding tert-OH is 2. The highest BCUT2D eigenvalue weighted by molar-refractivity contribution is 5.32. The van der Waals surface area contributed by atoms with Crippen molar-refractivity contribution in [2.45, 2.75) is 95.5 Å². The monoisotopic (exact) mass is 350 g/mol. The van der Waals surface area contributed by atoms with E-state index in [1.807, 2.05) is 6.92 Å². The lowest BCUT2D eigenvalue weighted by Crippen LogP contribution is -2.74. The predicted octanol–water partition coefficient (Wildman–Crippen LogP) is 2.23. The van der Waals surface area contributed by atoms with Crippen molar-refractivity contribution in [1.82, 2.24) is 0 Å². The van der Waals surface area contributed by atoms with Gasteiger partial charge in [0.25, 0.3) is 0 Å². The minimum atomic E-state index is -1.24. The van der Waals surface area contributed by atoms with Gasteiger partial charge in [-0.3, -0.25) is 0 Å². The summed E-state index contributed by atoms with van der Waals surface area (Å²) in [7, 11) is 0. The highest BCUT2D eigenvalue weighted by Gasteiger charge is 2.83. The Labute approximate surface area is 150 Å². The largest absolute Gasteiger partial charge is 0.393 e. The minimum Gasteiger partial charge on any atom is -0.393 e. The number of rotatable bonds is 1. The molecule has 0 aliphatic heterocycles. The molecule has 0 amide bonds. The first-order valence-corrected chi connectivity index (χ1v) is 10.4. The molecular formula is C21H34O4. The zero-order valence-corrected chi connectivity index (χ0v) is 15.8. The van der Waals surface area contributed by atoms with Crippen molar-refractivity contribution >= 4 is 0 Å². The second-order valence-corrected chi connectivity index (χ2v) is 10.8. The van der Waals surface area contributed by atoms with Gasteiger partial charge < -0.3 is 20.4 Å². The van der Waals surface area contributed by atoms with Crippen molar-refractivity contribution in [3.8, 4) is 0 Å². The Morgan fingerprint density at radius 2 is 1.60 bits per heavy atom. The maximum absolute atomic E-state index is 12.0. The smallest absolute Gasteiger partial charge is 0.0996 e.